The van der Waals surface area contributed by atoms with E-state index in [0.29, 0.717) is 17.0 Å². The highest BCUT2D eigenvalue weighted by atomic mass is 35.5. The molecule has 0 aliphatic rings. The van der Waals surface area contributed by atoms with Gasteiger partial charge in [0, 0.05) is 5.56 Å². The van der Waals surface area contributed by atoms with Gasteiger partial charge in [-0.15, -0.1) is 11.6 Å². The molecule has 0 bridgehead atoms. The topological polar surface area (TPSA) is 58.6 Å². The van der Waals surface area contributed by atoms with Gasteiger partial charge in [0.2, 0.25) is 5.91 Å². The van der Waals surface area contributed by atoms with Crippen molar-refractivity contribution in [3.8, 4) is 5.75 Å². The number of halogens is 1. The zero-order valence-corrected chi connectivity index (χ0v) is 9.04. The Balaban J connectivity index is 3.05. The first-order valence-electron chi connectivity index (χ1n) is 4.35. The Morgan fingerprint density at radius 2 is 2.33 bits per heavy atom. The summed E-state index contributed by atoms with van der Waals surface area (Å²) in [5.41, 5.74) is 1.06. The maximum absolute atomic E-state index is 11.1. The number of methoxy groups -OCH3 is 1. The molecule has 0 atom stereocenters. The standard InChI is InChI=1S/C10H12ClNO3/c1-15-8-4-2-3-7(6-13)10(8)12-9(14)5-11/h2-4,13H,5-6H2,1H3,(H,12,14). The fraction of sp³-hybridized carbons (Fsp3) is 0.300. The summed E-state index contributed by atoms with van der Waals surface area (Å²) in [6, 6.07) is 5.14. The van der Waals surface area contributed by atoms with E-state index in [1.54, 1.807) is 18.2 Å². The van der Waals surface area contributed by atoms with Gasteiger partial charge in [0.25, 0.3) is 0 Å². The lowest BCUT2D eigenvalue weighted by Crippen LogP contribution is -2.14. The molecule has 82 valence electrons. The highest BCUT2D eigenvalue weighted by molar-refractivity contribution is 6.29. The number of aliphatic hydroxyl groups excluding tert-OH is 1. The normalized spacial score (nSPS) is 9.80. The van der Waals surface area contributed by atoms with E-state index in [2.05, 4.69) is 5.32 Å². The molecule has 4 nitrogen and oxygen atoms in total. The van der Waals surface area contributed by atoms with Crippen LogP contribution in [0.4, 0.5) is 5.69 Å². The quantitative estimate of drug-likeness (QED) is 0.767. The van der Waals surface area contributed by atoms with Crippen molar-refractivity contribution in [1.82, 2.24) is 0 Å². The lowest BCUT2D eigenvalue weighted by molar-refractivity contribution is -0.113. The summed E-state index contributed by atoms with van der Waals surface area (Å²) in [5.74, 6) is 0.0269. The number of anilines is 1. The number of hydrogen-bond donors (Lipinski definition) is 2. The second-order valence-corrected chi connectivity index (χ2v) is 3.10. The molecule has 1 aromatic carbocycles. The van der Waals surface area contributed by atoms with E-state index in [1.165, 1.54) is 7.11 Å². The lowest BCUT2D eigenvalue weighted by Gasteiger charge is -2.12. The van der Waals surface area contributed by atoms with Crippen molar-refractivity contribution in [2.45, 2.75) is 6.61 Å². The van der Waals surface area contributed by atoms with Crippen molar-refractivity contribution in [3.63, 3.8) is 0 Å². The Kier molecular flexibility index (Phi) is 4.39. The van der Waals surface area contributed by atoms with Crippen LogP contribution in [-0.4, -0.2) is 24.0 Å². The predicted molar refractivity (Wildman–Crippen MR) is 58.3 cm³/mol. The molecule has 5 heteroatoms. The minimum Gasteiger partial charge on any atom is -0.495 e. The van der Waals surface area contributed by atoms with Crippen LogP contribution in [-0.2, 0) is 11.4 Å². The van der Waals surface area contributed by atoms with E-state index >= 15 is 0 Å². The molecular formula is C10H12ClNO3. The Morgan fingerprint density at radius 3 is 2.87 bits per heavy atom. The maximum Gasteiger partial charge on any atom is 0.239 e. The summed E-state index contributed by atoms with van der Waals surface area (Å²) in [4.78, 5) is 11.1. The second-order valence-electron chi connectivity index (χ2n) is 2.83. The predicted octanol–water partition coefficient (Wildman–Crippen LogP) is 1.36. The van der Waals surface area contributed by atoms with Gasteiger partial charge in [0.1, 0.15) is 11.6 Å². The number of para-hydroxylation sites is 1. The molecule has 0 aliphatic heterocycles. The lowest BCUT2D eigenvalue weighted by atomic mass is 10.1. The van der Waals surface area contributed by atoms with E-state index in [-0.39, 0.29) is 18.4 Å². The molecular weight excluding hydrogens is 218 g/mol. The van der Waals surface area contributed by atoms with Crippen LogP contribution in [0.3, 0.4) is 0 Å². The molecule has 1 aromatic rings. The van der Waals surface area contributed by atoms with Crippen LogP contribution in [0.1, 0.15) is 5.56 Å². The minimum atomic E-state index is -0.337. The van der Waals surface area contributed by atoms with Gasteiger partial charge in [-0.2, -0.15) is 0 Å². The van der Waals surface area contributed by atoms with Crippen molar-refractivity contribution < 1.29 is 14.6 Å². The minimum absolute atomic E-state index is 0.136. The average molecular weight is 230 g/mol. The van der Waals surface area contributed by atoms with Gasteiger partial charge < -0.3 is 15.2 Å². The number of hydrogen-bond acceptors (Lipinski definition) is 3. The molecule has 15 heavy (non-hydrogen) atoms. The largest absolute Gasteiger partial charge is 0.495 e. The van der Waals surface area contributed by atoms with E-state index < -0.39 is 0 Å². The number of rotatable bonds is 4. The summed E-state index contributed by atoms with van der Waals surface area (Å²) in [5, 5.41) is 11.7. The van der Waals surface area contributed by atoms with E-state index in [9.17, 15) is 4.79 Å². The van der Waals surface area contributed by atoms with Gasteiger partial charge in [0.05, 0.1) is 19.4 Å². The number of ether oxygens (including phenoxy) is 1. The van der Waals surface area contributed by atoms with Crippen LogP contribution < -0.4 is 10.1 Å². The van der Waals surface area contributed by atoms with Gasteiger partial charge >= 0.3 is 0 Å². The highest BCUT2D eigenvalue weighted by Crippen LogP contribution is 2.28. The fourth-order valence-electron chi connectivity index (χ4n) is 1.19. The third kappa shape index (κ3) is 2.84. The summed E-state index contributed by atoms with van der Waals surface area (Å²) in [6.45, 7) is -0.172. The third-order valence-corrected chi connectivity index (χ3v) is 2.13. The Labute approximate surface area is 92.8 Å². The molecule has 0 heterocycles. The molecule has 0 saturated heterocycles. The molecule has 2 N–H and O–H groups in total. The fourth-order valence-corrected chi connectivity index (χ4v) is 1.26. The first-order valence-corrected chi connectivity index (χ1v) is 4.89. The molecule has 0 aromatic heterocycles. The monoisotopic (exact) mass is 229 g/mol. The Hall–Kier alpha value is -1.26. The van der Waals surface area contributed by atoms with Gasteiger partial charge in [0.15, 0.2) is 0 Å². The van der Waals surface area contributed by atoms with Gasteiger partial charge in [-0.25, -0.2) is 0 Å². The molecule has 0 fully saturated rings. The van der Waals surface area contributed by atoms with E-state index in [4.69, 9.17) is 21.4 Å². The Morgan fingerprint density at radius 1 is 1.60 bits per heavy atom. The number of aliphatic hydroxyl groups is 1. The van der Waals surface area contributed by atoms with Crippen molar-refractivity contribution in [2.24, 2.45) is 0 Å². The molecule has 1 rings (SSSR count). The highest BCUT2D eigenvalue weighted by Gasteiger charge is 2.10. The van der Waals surface area contributed by atoms with Crippen molar-refractivity contribution >= 4 is 23.2 Å². The first-order chi connectivity index (χ1) is 7.22. The van der Waals surface area contributed by atoms with Crippen molar-refractivity contribution in [2.75, 3.05) is 18.3 Å². The molecule has 0 aliphatic carbocycles. The zero-order valence-electron chi connectivity index (χ0n) is 8.29. The summed E-state index contributed by atoms with van der Waals surface area (Å²) in [6.07, 6.45) is 0. The summed E-state index contributed by atoms with van der Waals surface area (Å²) in [7, 11) is 1.49. The van der Waals surface area contributed by atoms with Crippen LogP contribution in [0.25, 0.3) is 0 Å². The van der Waals surface area contributed by atoms with E-state index in [0.717, 1.165) is 0 Å². The number of carbonyl (C=O) groups is 1. The van der Waals surface area contributed by atoms with Gasteiger partial charge in [-0.1, -0.05) is 12.1 Å². The van der Waals surface area contributed by atoms with Crippen molar-refractivity contribution in [3.05, 3.63) is 23.8 Å². The van der Waals surface area contributed by atoms with Crippen LogP contribution in [0, 0.1) is 0 Å². The van der Waals surface area contributed by atoms with Crippen LogP contribution in [0.2, 0.25) is 0 Å². The number of amides is 1. The van der Waals surface area contributed by atoms with Gasteiger partial charge in [-0.3, -0.25) is 4.79 Å². The number of benzene rings is 1. The van der Waals surface area contributed by atoms with Crippen LogP contribution in [0.5, 0.6) is 5.75 Å². The second kappa shape index (κ2) is 5.58. The number of carbonyl (C=O) groups excluding carboxylic acids is 1. The van der Waals surface area contributed by atoms with E-state index in [1.807, 2.05) is 0 Å². The SMILES string of the molecule is COc1cccc(CO)c1NC(=O)CCl. The molecule has 0 radical (unpaired) electrons. The smallest absolute Gasteiger partial charge is 0.239 e. The summed E-state index contributed by atoms with van der Waals surface area (Å²) < 4.78 is 5.06. The zero-order chi connectivity index (χ0) is 11.3. The molecule has 0 saturated carbocycles. The maximum atomic E-state index is 11.1. The first kappa shape index (κ1) is 11.8. The molecule has 1 amide bonds. The van der Waals surface area contributed by atoms with Gasteiger partial charge in [-0.05, 0) is 6.07 Å². The average Bonchev–Trinajstić information content (AvgIpc) is 2.29. The molecule has 0 unspecified atom stereocenters. The molecule has 0 spiro atoms. The third-order valence-electron chi connectivity index (χ3n) is 1.89. The number of alkyl halides is 1. The van der Waals surface area contributed by atoms with Crippen LogP contribution >= 0.6 is 11.6 Å². The number of nitrogens with one attached hydrogen (secondary N) is 1. The van der Waals surface area contributed by atoms with Crippen molar-refractivity contribution in [1.29, 1.82) is 0 Å². The summed E-state index contributed by atoms with van der Waals surface area (Å²) >= 11 is 5.38. The Bertz CT molecular complexity index is 332. The van der Waals surface area contributed by atoms with Crippen LogP contribution in [0.15, 0.2) is 18.2 Å².